The number of fused-ring (bicyclic) bond motifs is 3. The lowest BCUT2D eigenvalue weighted by Crippen LogP contribution is -2.12. The van der Waals surface area contributed by atoms with Crippen LogP contribution in [0.2, 0.25) is 0 Å². The van der Waals surface area contributed by atoms with Gasteiger partial charge in [-0.15, -0.1) is 0 Å². The van der Waals surface area contributed by atoms with Crippen LogP contribution in [0.3, 0.4) is 0 Å². The van der Waals surface area contributed by atoms with Crippen molar-refractivity contribution in [2.45, 2.75) is 0 Å². The van der Waals surface area contributed by atoms with Crippen molar-refractivity contribution in [3.63, 3.8) is 0 Å². The van der Waals surface area contributed by atoms with E-state index in [1.54, 1.807) is 0 Å². The Hall–Kier alpha value is -7.04. The smallest absolute Gasteiger partial charge is 0.135 e. The van der Waals surface area contributed by atoms with Crippen LogP contribution >= 0.6 is 0 Å². The van der Waals surface area contributed by atoms with E-state index in [-0.39, 0.29) is 0 Å². The highest BCUT2D eigenvalue weighted by Gasteiger charge is 2.19. The van der Waals surface area contributed by atoms with Gasteiger partial charge in [-0.3, -0.25) is 0 Å². The van der Waals surface area contributed by atoms with Gasteiger partial charge in [0.1, 0.15) is 11.2 Å². The van der Waals surface area contributed by atoms with Gasteiger partial charge in [-0.25, -0.2) is 0 Å². The minimum absolute atomic E-state index is 0.853. The Labute approximate surface area is 303 Å². The predicted molar refractivity (Wildman–Crippen MR) is 218 cm³/mol. The molecule has 0 bridgehead atoms. The van der Waals surface area contributed by atoms with E-state index in [9.17, 15) is 0 Å². The van der Waals surface area contributed by atoms with Gasteiger partial charge in [0.25, 0.3) is 0 Å². The van der Waals surface area contributed by atoms with E-state index in [4.69, 9.17) is 4.42 Å². The van der Waals surface area contributed by atoms with Crippen molar-refractivity contribution in [1.29, 1.82) is 0 Å². The summed E-state index contributed by atoms with van der Waals surface area (Å²) in [4.78, 5) is 6.88. The average molecular weight is 670 g/mol. The second kappa shape index (κ2) is 13.7. The number of nitrogens with zero attached hydrogens (tertiary/aromatic N) is 3. The lowest BCUT2D eigenvalue weighted by molar-refractivity contribution is 0.669. The van der Waals surface area contributed by atoms with Crippen LogP contribution in [0, 0.1) is 0 Å². The minimum Gasteiger partial charge on any atom is -0.456 e. The first-order valence-electron chi connectivity index (χ1n) is 17.5. The Morgan fingerprint density at radius 2 is 0.462 bits per heavy atom. The zero-order chi connectivity index (χ0) is 34.7. The largest absolute Gasteiger partial charge is 0.456 e. The van der Waals surface area contributed by atoms with E-state index < -0.39 is 0 Å². The second-order valence-corrected chi connectivity index (χ2v) is 12.7. The Morgan fingerprint density at radius 1 is 0.231 bits per heavy atom. The van der Waals surface area contributed by atoms with Gasteiger partial charge in [-0.2, -0.15) is 0 Å². The molecule has 0 radical (unpaired) electrons. The summed E-state index contributed by atoms with van der Waals surface area (Å²) < 4.78 is 6.43. The summed E-state index contributed by atoms with van der Waals surface area (Å²) >= 11 is 0. The molecule has 0 N–H and O–H groups in total. The first-order valence-corrected chi connectivity index (χ1v) is 17.5. The number of furan rings is 1. The van der Waals surface area contributed by atoms with E-state index in [1.807, 2.05) is 0 Å². The minimum atomic E-state index is 0.853. The molecule has 4 heteroatoms. The molecule has 8 aromatic carbocycles. The molecular weight excluding hydrogens is 635 g/mol. The highest BCUT2D eigenvalue weighted by molar-refractivity contribution is 6.08. The van der Waals surface area contributed by atoms with E-state index in [1.165, 1.54) is 0 Å². The molecule has 9 aromatic rings. The summed E-state index contributed by atoms with van der Waals surface area (Å²) in [6.45, 7) is 0. The molecule has 0 amide bonds. The third-order valence-electron chi connectivity index (χ3n) is 9.39. The van der Waals surface area contributed by atoms with Crippen molar-refractivity contribution in [3.05, 3.63) is 212 Å². The summed E-state index contributed by atoms with van der Waals surface area (Å²) in [5.74, 6) is 0. The zero-order valence-corrected chi connectivity index (χ0v) is 28.5. The van der Waals surface area contributed by atoms with E-state index >= 15 is 0 Å². The van der Waals surface area contributed by atoms with Gasteiger partial charge in [-0.05, 0) is 121 Å². The maximum Gasteiger partial charge on any atom is 0.135 e. The van der Waals surface area contributed by atoms with Crippen molar-refractivity contribution in [2.75, 3.05) is 14.7 Å². The molecule has 0 spiro atoms. The van der Waals surface area contributed by atoms with Crippen LogP contribution in [0.1, 0.15) is 0 Å². The molecule has 1 heterocycles. The molecule has 0 aliphatic heterocycles. The monoisotopic (exact) mass is 669 g/mol. The Morgan fingerprint density at radius 3 is 0.750 bits per heavy atom. The summed E-state index contributed by atoms with van der Waals surface area (Å²) in [6, 6.07) is 74.3. The quantitative estimate of drug-likeness (QED) is 0.153. The molecule has 52 heavy (non-hydrogen) atoms. The highest BCUT2D eigenvalue weighted by atomic mass is 16.3. The second-order valence-electron chi connectivity index (χ2n) is 12.7. The molecule has 0 aliphatic carbocycles. The lowest BCUT2D eigenvalue weighted by Gasteiger charge is -2.28. The third-order valence-corrected chi connectivity index (χ3v) is 9.39. The van der Waals surface area contributed by atoms with Gasteiger partial charge < -0.3 is 19.1 Å². The van der Waals surface area contributed by atoms with Crippen molar-refractivity contribution < 1.29 is 4.42 Å². The first kappa shape index (κ1) is 31.0. The molecule has 9 rings (SSSR count). The van der Waals surface area contributed by atoms with Crippen LogP contribution in [-0.2, 0) is 0 Å². The number of anilines is 9. The summed E-state index contributed by atoms with van der Waals surface area (Å²) in [5.41, 5.74) is 11.4. The van der Waals surface area contributed by atoms with Crippen LogP contribution in [-0.4, -0.2) is 0 Å². The van der Waals surface area contributed by atoms with Crippen molar-refractivity contribution in [1.82, 2.24) is 0 Å². The molecule has 0 atom stereocenters. The van der Waals surface area contributed by atoms with Gasteiger partial charge in [0.2, 0.25) is 0 Å². The third kappa shape index (κ3) is 5.93. The molecule has 0 aliphatic rings. The SMILES string of the molecule is c1ccc(N(c2ccccc2)c2ccc(N(c3ccccc3)c3ccc4oc5ccc(N(c6ccccc6)c6ccccc6)cc5c4c3)cc2)cc1. The standard InChI is InChI=1S/C48H35N3O/c1-6-16-36(17-7-1)49(37-18-8-2-9-19-37)41-26-28-42(29-27-41)51(40-24-14-5-15-25-40)44-31-33-48-46(35-44)45-34-43(30-32-47(45)52-48)50(38-20-10-3-11-21-38)39-22-12-4-13-23-39/h1-35H. The van der Waals surface area contributed by atoms with Crippen molar-refractivity contribution in [2.24, 2.45) is 0 Å². The van der Waals surface area contributed by atoms with Crippen LogP contribution in [0.25, 0.3) is 21.9 Å². The Bertz CT molecular complexity index is 2470. The van der Waals surface area contributed by atoms with Gasteiger partial charge in [0.05, 0.1) is 0 Å². The average Bonchev–Trinajstić information content (AvgIpc) is 3.58. The number of hydrogen-bond acceptors (Lipinski definition) is 4. The molecular formula is C48H35N3O. The van der Waals surface area contributed by atoms with Crippen LogP contribution < -0.4 is 14.7 Å². The fourth-order valence-electron chi connectivity index (χ4n) is 7.01. The number of rotatable bonds is 9. The fraction of sp³-hybridized carbons (Fsp3) is 0. The molecule has 0 unspecified atom stereocenters. The van der Waals surface area contributed by atoms with Crippen LogP contribution in [0.4, 0.5) is 51.2 Å². The Kier molecular flexibility index (Phi) is 8.16. The van der Waals surface area contributed by atoms with Gasteiger partial charge >= 0.3 is 0 Å². The van der Waals surface area contributed by atoms with E-state index in [2.05, 4.69) is 227 Å². The number of hydrogen-bond donors (Lipinski definition) is 0. The molecule has 4 nitrogen and oxygen atoms in total. The molecule has 0 saturated heterocycles. The maximum atomic E-state index is 6.43. The summed E-state index contributed by atoms with van der Waals surface area (Å²) in [5, 5.41) is 2.13. The zero-order valence-electron chi connectivity index (χ0n) is 28.5. The van der Waals surface area contributed by atoms with Crippen LogP contribution in [0.15, 0.2) is 217 Å². The molecule has 248 valence electrons. The van der Waals surface area contributed by atoms with Crippen molar-refractivity contribution in [3.8, 4) is 0 Å². The summed E-state index contributed by atoms with van der Waals surface area (Å²) in [6.07, 6.45) is 0. The topological polar surface area (TPSA) is 22.9 Å². The Balaban J connectivity index is 1.15. The van der Waals surface area contributed by atoms with Gasteiger partial charge in [0.15, 0.2) is 0 Å². The molecule has 0 fully saturated rings. The van der Waals surface area contributed by atoms with Crippen molar-refractivity contribution >= 4 is 73.1 Å². The normalized spacial score (nSPS) is 11.1. The predicted octanol–water partition coefficient (Wildman–Crippen LogP) is 14.0. The highest BCUT2D eigenvalue weighted by Crippen LogP contribution is 2.42. The first-order chi connectivity index (χ1) is 25.8. The van der Waals surface area contributed by atoms with E-state index in [0.29, 0.717) is 0 Å². The van der Waals surface area contributed by atoms with E-state index in [0.717, 1.165) is 73.1 Å². The maximum absolute atomic E-state index is 6.43. The number of benzene rings is 8. The van der Waals surface area contributed by atoms with Crippen LogP contribution in [0.5, 0.6) is 0 Å². The van der Waals surface area contributed by atoms with Gasteiger partial charge in [0, 0.05) is 62.0 Å². The summed E-state index contributed by atoms with van der Waals surface area (Å²) in [7, 11) is 0. The fourth-order valence-corrected chi connectivity index (χ4v) is 7.01. The lowest BCUT2D eigenvalue weighted by atomic mass is 10.1. The number of para-hydroxylation sites is 5. The van der Waals surface area contributed by atoms with Gasteiger partial charge in [-0.1, -0.05) is 91.0 Å². The molecule has 1 aromatic heterocycles. The molecule has 0 saturated carbocycles.